The lowest BCUT2D eigenvalue weighted by Crippen LogP contribution is -2.19. The quantitative estimate of drug-likeness (QED) is 0.843. The van der Waals surface area contributed by atoms with E-state index in [1.807, 2.05) is 0 Å². The van der Waals surface area contributed by atoms with Crippen molar-refractivity contribution in [1.29, 1.82) is 0 Å². The molecule has 0 bridgehead atoms. The van der Waals surface area contributed by atoms with Crippen molar-refractivity contribution in [2.75, 3.05) is 0 Å². The van der Waals surface area contributed by atoms with Gasteiger partial charge in [0.25, 0.3) is 0 Å². The minimum atomic E-state index is -5.10. The molecule has 1 aromatic heterocycles. The molecule has 1 N–H and O–H groups in total. The van der Waals surface area contributed by atoms with E-state index in [0.29, 0.717) is 0 Å². The second kappa shape index (κ2) is 4.46. The van der Waals surface area contributed by atoms with Crippen LogP contribution in [0.15, 0.2) is 12.4 Å². The highest BCUT2D eigenvalue weighted by Crippen LogP contribution is 2.38. The van der Waals surface area contributed by atoms with Gasteiger partial charge in [-0.05, 0) is 5.56 Å². The van der Waals surface area contributed by atoms with Crippen LogP contribution >= 0.6 is 0 Å². The summed E-state index contributed by atoms with van der Waals surface area (Å²) < 4.78 is 74.8. The molecule has 0 saturated carbocycles. The van der Waals surface area contributed by atoms with E-state index < -0.39 is 41.4 Å². The molecule has 1 rings (SSSR count). The van der Waals surface area contributed by atoms with Gasteiger partial charge in [0.05, 0.1) is 17.5 Å². The summed E-state index contributed by atoms with van der Waals surface area (Å²) in [5, 5.41) is 8.39. The first-order valence-electron chi connectivity index (χ1n) is 4.36. The highest BCUT2D eigenvalue weighted by atomic mass is 19.4. The van der Waals surface area contributed by atoms with Crippen LogP contribution < -0.4 is 0 Å². The number of rotatable bonds is 2. The zero-order valence-electron chi connectivity index (χ0n) is 8.43. The molecule has 0 spiro atoms. The van der Waals surface area contributed by atoms with Gasteiger partial charge >= 0.3 is 18.3 Å². The van der Waals surface area contributed by atoms with Crippen molar-refractivity contribution in [2.24, 2.45) is 0 Å². The van der Waals surface area contributed by atoms with Crippen LogP contribution in [-0.2, 0) is 23.6 Å². The Morgan fingerprint density at radius 2 is 1.44 bits per heavy atom. The lowest BCUT2D eigenvalue weighted by Gasteiger charge is -2.16. The van der Waals surface area contributed by atoms with E-state index in [1.165, 1.54) is 0 Å². The van der Waals surface area contributed by atoms with Gasteiger partial charge in [-0.1, -0.05) is 0 Å². The number of aromatic nitrogens is 1. The second-order valence-corrected chi connectivity index (χ2v) is 3.28. The topological polar surface area (TPSA) is 50.2 Å². The summed E-state index contributed by atoms with van der Waals surface area (Å²) in [6.07, 6.45) is -11.2. The van der Waals surface area contributed by atoms with Gasteiger partial charge in [-0.3, -0.25) is 9.78 Å². The Morgan fingerprint density at radius 1 is 1.06 bits per heavy atom. The lowest BCUT2D eigenvalue weighted by atomic mass is 10.0. The van der Waals surface area contributed by atoms with Gasteiger partial charge in [0.15, 0.2) is 0 Å². The van der Waals surface area contributed by atoms with Gasteiger partial charge in [-0.25, -0.2) is 0 Å². The van der Waals surface area contributed by atoms with Gasteiger partial charge < -0.3 is 5.11 Å². The van der Waals surface area contributed by atoms with E-state index in [9.17, 15) is 31.1 Å². The molecule has 100 valence electrons. The van der Waals surface area contributed by atoms with Crippen LogP contribution in [0.3, 0.4) is 0 Å². The molecule has 3 nitrogen and oxygen atoms in total. The molecule has 0 atom stereocenters. The van der Waals surface area contributed by atoms with Crippen molar-refractivity contribution < 1.29 is 36.2 Å². The number of carbonyl (C=O) groups is 1. The Bertz CT molecular complexity index is 433. The molecule has 1 heterocycles. The number of aliphatic carboxylic acids is 1. The molecule has 9 heteroatoms. The van der Waals surface area contributed by atoms with E-state index in [-0.39, 0.29) is 12.4 Å². The van der Waals surface area contributed by atoms with Gasteiger partial charge in [-0.15, -0.1) is 0 Å². The summed E-state index contributed by atoms with van der Waals surface area (Å²) in [5.74, 6) is -1.79. The molecular formula is C9H5F6NO2. The third kappa shape index (κ3) is 3.11. The van der Waals surface area contributed by atoms with Gasteiger partial charge in [-0.2, -0.15) is 26.3 Å². The first-order chi connectivity index (χ1) is 8.03. The number of carboxylic acids is 1. The number of halogens is 6. The second-order valence-electron chi connectivity index (χ2n) is 3.28. The zero-order chi connectivity index (χ0) is 14.1. The fourth-order valence-corrected chi connectivity index (χ4v) is 1.32. The molecule has 0 amide bonds. The lowest BCUT2D eigenvalue weighted by molar-refractivity contribution is -0.145. The van der Waals surface area contributed by atoms with Crippen molar-refractivity contribution >= 4 is 5.97 Å². The monoisotopic (exact) mass is 273 g/mol. The summed E-state index contributed by atoms with van der Waals surface area (Å²) in [7, 11) is 0. The van der Waals surface area contributed by atoms with Crippen molar-refractivity contribution in [2.45, 2.75) is 18.8 Å². The molecule has 1 aromatic rings. The maximum absolute atomic E-state index is 12.5. The summed E-state index contributed by atoms with van der Waals surface area (Å²) in [5.41, 5.74) is -4.73. The van der Waals surface area contributed by atoms with Crippen LogP contribution in [0.25, 0.3) is 0 Å². The molecule has 0 aliphatic heterocycles. The van der Waals surface area contributed by atoms with Crippen LogP contribution in [0, 0.1) is 0 Å². The maximum atomic E-state index is 12.5. The average Bonchev–Trinajstić information content (AvgIpc) is 2.13. The average molecular weight is 273 g/mol. The number of pyridine rings is 1. The number of alkyl halides is 6. The fraction of sp³-hybridized carbons (Fsp3) is 0.333. The Morgan fingerprint density at radius 3 is 1.72 bits per heavy atom. The Balaban J connectivity index is 3.50. The molecule has 0 saturated heterocycles. The van der Waals surface area contributed by atoms with Gasteiger partial charge in [0, 0.05) is 12.4 Å². The molecule has 0 unspecified atom stereocenters. The fourth-order valence-electron chi connectivity index (χ4n) is 1.32. The predicted octanol–water partition coefficient (Wildman–Crippen LogP) is 2.75. The standard InChI is InChI=1S/C9H5F6NO2/c10-8(11,12)5-2-16-3-6(9(13,14)15)4(5)1-7(17)18/h2-3H,1H2,(H,17,18). The largest absolute Gasteiger partial charge is 0.481 e. The third-order valence-electron chi connectivity index (χ3n) is 2.00. The summed E-state index contributed by atoms with van der Waals surface area (Å²) in [6.45, 7) is 0. The van der Waals surface area contributed by atoms with E-state index in [0.717, 1.165) is 0 Å². The van der Waals surface area contributed by atoms with Gasteiger partial charge in [0.2, 0.25) is 0 Å². The molecular weight excluding hydrogens is 268 g/mol. The summed E-state index contributed by atoms with van der Waals surface area (Å²) in [4.78, 5) is 13.2. The zero-order valence-corrected chi connectivity index (χ0v) is 8.43. The van der Waals surface area contributed by atoms with Crippen LogP contribution in [0.2, 0.25) is 0 Å². The molecule has 0 fully saturated rings. The van der Waals surface area contributed by atoms with E-state index in [1.54, 1.807) is 0 Å². The molecule has 0 aliphatic rings. The highest BCUT2D eigenvalue weighted by molar-refractivity contribution is 5.71. The van der Waals surface area contributed by atoms with Crippen LogP contribution in [0.1, 0.15) is 16.7 Å². The first-order valence-corrected chi connectivity index (χ1v) is 4.36. The predicted molar refractivity (Wildman–Crippen MR) is 45.6 cm³/mol. The first kappa shape index (κ1) is 14.3. The molecule has 0 radical (unpaired) electrons. The Hall–Kier alpha value is -1.80. The number of carboxylic acid groups (broad SMARTS) is 1. The molecule has 0 aromatic carbocycles. The van der Waals surface area contributed by atoms with E-state index >= 15 is 0 Å². The minimum absolute atomic E-state index is 0.174. The van der Waals surface area contributed by atoms with Crippen LogP contribution in [0.5, 0.6) is 0 Å². The smallest absolute Gasteiger partial charge is 0.418 e. The number of hydrogen-bond donors (Lipinski definition) is 1. The van der Waals surface area contributed by atoms with Crippen molar-refractivity contribution in [3.63, 3.8) is 0 Å². The maximum Gasteiger partial charge on any atom is 0.418 e. The Labute approximate surface area is 96.1 Å². The van der Waals surface area contributed by atoms with Crippen LogP contribution in [-0.4, -0.2) is 16.1 Å². The van der Waals surface area contributed by atoms with E-state index in [2.05, 4.69) is 4.98 Å². The molecule has 0 aliphatic carbocycles. The van der Waals surface area contributed by atoms with Crippen LogP contribution in [0.4, 0.5) is 26.3 Å². The molecule has 18 heavy (non-hydrogen) atoms. The minimum Gasteiger partial charge on any atom is -0.481 e. The van der Waals surface area contributed by atoms with Crippen molar-refractivity contribution in [1.82, 2.24) is 4.98 Å². The van der Waals surface area contributed by atoms with Gasteiger partial charge in [0.1, 0.15) is 0 Å². The highest BCUT2D eigenvalue weighted by Gasteiger charge is 2.41. The van der Waals surface area contributed by atoms with Crippen molar-refractivity contribution in [3.8, 4) is 0 Å². The van der Waals surface area contributed by atoms with Crippen molar-refractivity contribution in [3.05, 3.63) is 29.1 Å². The number of hydrogen-bond acceptors (Lipinski definition) is 2. The Kier molecular flexibility index (Phi) is 3.54. The third-order valence-corrected chi connectivity index (χ3v) is 2.00. The number of nitrogens with zero attached hydrogens (tertiary/aromatic N) is 1. The normalized spacial score (nSPS) is 12.6. The summed E-state index contributed by atoms with van der Waals surface area (Å²) >= 11 is 0. The summed E-state index contributed by atoms with van der Waals surface area (Å²) in [6, 6.07) is 0. The SMILES string of the molecule is O=C(O)Cc1c(C(F)(F)F)cncc1C(F)(F)F. The van der Waals surface area contributed by atoms with E-state index in [4.69, 9.17) is 5.11 Å².